The Labute approximate surface area is 191 Å². The minimum Gasteiger partial charge on any atom is -0.445 e. The lowest BCUT2D eigenvalue weighted by atomic mass is 10.2. The number of rotatable bonds is 8. The van der Waals surface area contributed by atoms with Gasteiger partial charge in [-0.2, -0.15) is 0 Å². The molecule has 1 saturated heterocycles. The van der Waals surface area contributed by atoms with Crippen molar-refractivity contribution in [3.05, 3.63) is 70.5 Å². The zero-order chi connectivity index (χ0) is 22.9. The minimum absolute atomic E-state index is 0.128. The van der Waals surface area contributed by atoms with Gasteiger partial charge in [-0.05, 0) is 30.2 Å². The number of hydrogen-bond acceptors (Lipinski definition) is 5. The number of benzene rings is 2. The predicted octanol–water partition coefficient (Wildman–Crippen LogP) is 3.54. The SMILES string of the molecule is CC(NC(=O)OCc1ccccc1)C(=O)N1CCOC(COCc2ccc(F)cc2Cl)C1. The minimum atomic E-state index is -0.740. The summed E-state index contributed by atoms with van der Waals surface area (Å²) in [6, 6.07) is 12.7. The number of morpholine rings is 1. The second kappa shape index (κ2) is 11.8. The maximum absolute atomic E-state index is 13.1. The molecule has 1 aliphatic heterocycles. The molecule has 3 rings (SSSR count). The Kier molecular flexibility index (Phi) is 8.84. The van der Waals surface area contributed by atoms with E-state index in [1.165, 1.54) is 12.1 Å². The van der Waals surface area contributed by atoms with Crippen LogP contribution in [0.15, 0.2) is 48.5 Å². The van der Waals surface area contributed by atoms with Gasteiger partial charge < -0.3 is 24.4 Å². The average molecular weight is 465 g/mol. The Morgan fingerprint density at radius 2 is 2.03 bits per heavy atom. The molecule has 1 aliphatic rings. The molecule has 0 aliphatic carbocycles. The van der Waals surface area contributed by atoms with E-state index in [9.17, 15) is 14.0 Å². The van der Waals surface area contributed by atoms with Gasteiger partial charge in [0.25, 0.3) is 0 Å². The lowest BCUT2D eigenvalue weighted by Gasteiger charge is -2.34. The number of hydrogen-bond donors (Lipinski definition) is 1. The Balaban J connectivity index is 1.41. The van der Waals surface area contributed by atoms with E-state index in [2.05, 4.69) is 5.32 Å². The van der Waals surface area contributed by atoms with Crippen LogP contribution in [0.2, 0.25) is 5.02 Å². The molecule has 0 saturated carbocycles. The number of amides is 2. The molecule has 1 fully saturated rings. The van der Waals surface area contributed by atoms with Gasteiger partial charge in [-0.1, -0.05) is 48.0 Å². The normalized spacial score (nSPS) is 17.0. The van der Waals surface area contributed by atoms with Crippen LogP contribution in [0.1, 0.15) is 18.1 Å². The molecule has 2 amide bonds. The van der Waals surface area contributed by atoms with E-state index in [0.29, 0.717) is 30.3 Å². The van der Waals surface area contributed by atoms with Crippen LogP contribution in [0, 0.1) is 5.82 Å². The summed E-state index contributed by atoms with van der Waals surface area (Å²) in [5.74, 6) is -0.633. The van der Waals surface area contributed by atoms with Crippen molar-refractivity contribution < 1.29 is 28.2 Å². The predicted molar refractivity (Wildman–Crippen MR) is 117 cm³/mol. The van der Waals surface area contributed by atoms with Crippen molar-refractivity contribution in [2.24, 2.45) is 0 Å². The zero-order valence-electron chi connectivity index (χ0n) is 17.8. The third-order valence-corrected chi connectivity index (χ3v) is 5.30. The van der Waals surface area contributed by atoms with Crippen molar-refractivity contribution >= 4 is 23.6 Å². The fraction of sp³-hybridized carbons (Fsp3) is 0.391. The fourth-order valence-corrected chi connectivity index (χ4v) is 3.46. The lowest BCUT2D eigenvalue weighted by Crippen LogP contribution is -2.53. The first kappa shape index (κ1) is 24.0. The molecule has 1 N–H and O–H groups in total. The quantitative estimate of drug-likeness (QED) is 0.646. The van der Waals surface area contributed by atoms with E-state index < -0.39 is 18.0 Å². The standard InChI is InChI=1S/C23H26ClFN2O5/c1-16(26-23(29)32-13-17-5-3-2-4-6-17)22(28)27-9-10-31-20(12-27)15-30-14-18-7-8-19(25)11-21(18)24/h2-8,11,16,20H,9-10,12-15H2,1H3,(H,26,29). The van der Waals surface area contributed by atoms with E-state index in [4.69, 9.17) is 25.8 Å². The third kappa shape index (κ3) is 7.19. The van der Waals surface area contributed by atoms with E-state index in [-0.39, 0.29) is 31.8 Å². The smallest absolute Gasteiger partial charge is 0.408 e. The van der Waals surface area contributed by atoms with Gasteiger partial charge in [-0.25, -0.2) is 9.18 Å². The lowest BCUT2D eigenvalue weighted by molar-refractivity contribution is -0.143. The molecule has 7 nitrogen and oxygen atoms in total. The number of alkyl carbamates (subject to hydrolysis) is 1. The highest BCUT2D eigenvalue weighted by atomic mass is 35.5. The largest absolute Gasteiger partial charge is 0.445 e. The first-order valence-electron chi connectivity index (χ1n) is 10.3. The van der Waals surface area contributed by atoms with Crippen LogP contribution in [0.3, 0.4) is 0 Å². The highest BCUT2D eigenvalue weighted by molar-refractivity contribution is 6.31. The van der Waals surface area contributed by atoms with Crippen LogP contribution >= 0.6 is 11.6 Å². The number of halogens is 2. The van der Waals surface area contributed by atoms with Gasteiger partial charge in [-0.15, -0.1) is 0 Å². The van der Waals surface area contributed by atoms with E-state index in [1.807, 2.05) is 30.3 Å². The summed E-state index contributed by atoms with van der Waals surface area (Å²) in [5.41, 5.74) is 1.53. The van der Waals surface area contributed by atoms with Crippen molar-refractivity contribution in [3.63, 3.8) is 0 Å². The number of nitrogens with one attached hydrogen (secondary N) is 1. The van der Waals surface area contributed by atoms with Gasteiger partial charge in [0.15, 0.2) is 0 Å². The van der Waals surface area contributed by atoms with Gasteiger partial charge in [0.1, 0.15) is 18.5 Å². The average Bonchev–Trinajstić information content (AvgIpc) is 2.79. The summed E-state index contributed by atoms with van der Waals surface area (Å²) in [5, 5.41) is 2.86. The van der Waals surface area contributed by atoms with Gasteiger partial charge >= 0.3 is 6.09 Å². The third-order valence-electron chi connectivity index (χ3n) is 4.94. The Morgan fingerprint density at radius 1 is 1.25 bits per heavy atom. The van der Waals surface area contributed by atoms with E-state index in [0.717, 1.165) is 5.56 Å². The zero-order valence-corrected chi connectivity index (χ0v) is 18.5. The van der Waals surface area contributed by atoms with Crippen molar-refractivity contribution in [1.82, 2.24) is 10.2 Å². The molecule has 1 heterocycles. The number of ether oxygens (including phenoxy) is 3. The fourth-order valence-electron chi connectivity index (χ4n) is 3.24. The molecule has 9 heteroatoms. The molecule has 0 bridgehead atoms. The van der Waals surface area contributed by atoms with Crippen molar-refractivity contribution in [2.75, 3.05) is 26.3 Å². The first-order chi connectivity index (χ1) is 15.4. The van der Waals surface area contributed by atoms with Crippen LogP contribution in [-0.2, 0) is 32.2 Å². The van der Waals surface area contributed by atoms with Crippen molar-refractivity contribution in [2.45, 2.75) is 32.3 Å². The molecule has 2 aromatic carbocycles. The van der Waals surface area contributed by atoms with Gasteiger partial charge in [0, 0.05) is 18.1 Å². The molecular formula is C23H26ClFN2O5. The molecule has 32 heavy (non-hydrogen) atoms. The van der Waals surface area contributed by atoms with Gasteiger partial charge in [-0.3, -0.25) is 4.79 Å². The second-order valence-corrected chi connectivity index (χ2v) is 7.86. The summed E-state index contributed by atoms with van der Waals surface area (Å²) < 4.78 is 29.6. The summed E-state index contributed by atoms with van der Waals surface area (Å²) in [4.78, 5) is 26.4. The van der Waals surface area contributed by atoms with E-state index in [1.54, 1.807) is 17.9 Å². The second-order valence-electron chi connectivity index (χ2n) is 7.46. The van der Waals surface area contributed by atoms with Crippen LogP contribution in [-0.4, -0.2) is 55.3 Å². The van der Waals surface area contributed by atoms with Crippen molar-refractivity contribution in [1.29, 1.82) is 0 Å². The first-order valence-corrected chi connectivity index (χ1v) is 10.7. The highest BCUT2D eigenvalue weighted by Crippen LogP contribution is 2.18. The molecule has 0 spiro atoms. The van der Waals surface area contributed by atoms with Gasteiger partial charge in [0.2, 0.25) is 5.91 Å². The number of nitrogens with zero attached hydrogens (tertiary/aromatic N) is 1. The maximum Gasteiger partial charge on any atom is 0.408 e. The molecule has 0 radical (unpaired) electrons. The molecule has 2 atom stereocenters. The van der Waals surface area contributed by atoms with Crippen LogP contribution in [0.25, 0.3) is 0 Å². The molecular weight excluding hydrogens is 439 g/mol. The van der Waals surface area contributed by atoms with Crippen molar-refractivity contribution in [3.8, 4) is 0 Å². The summed E-state index contributed by atoms with van der Waals surface area (Å²) >= 11 is 6.00. The van der Waals surface area contributed by atoms with Crippen LogP contribution in [0.5, 0.6) is 0 Å². The maximum atomic E-state index is 13.1. The molecule has 0 aromatic heterocycles. The van der Waals surface area contributed by atoms with Gasteiger partial charge in [0.05, 0.1) is 25.9 Å². The monoisotopic (exact) mass is 464 g/mol. The van der Waals surface area contributed by atoms with E-state index >= 15 is 0 Å². The summed E-state index contributed by atoms with van der Waals surface area (Å²) in [6.45, 7) is 3.32. The topological polar surface area (TPSA) is 77.1 Å². The Bertz CT molecular complexity index is 915. The van der Waals surface area contributed by atoms with Crippen LogP contribution in [0.4, 0.5) is 9.18 Å². The highest BCUT2D eigenvalue weighted by Gasteiger charge is 2.28. The number of carbonyl (C=O) groups is 2. The molecule has 2 aromatic rings. The Morgan fingerprint density at radius 3 is 2.78 bits per heavy atom. The summed E-state index contributed by atoms with van der Waals surface area (Å²) in [7, 11) is 0. The van der Waals surface area contributed by atoms with Crippen LogP contribution < -0.4 is 5.32 Å². The number of carbonyl (C=O) groups excluding carboxylic acids is 2. The Hall–Kier alpha value is -2.68. The molecule has 172 valence electrons. The summed E-state index contributed by atoms with van der Waals surface area (Å²) in [6.07, 6.45) is -0.969. The molecule has 2 unspecified atom stereocenters.